The van der Waals surface area contributed by atoms with Gasteiger partial charge < -0.3 is 14.8 Å². The molecule has 0 bridgehead atoms. The largest absolute Gasteiger partial charge is 0.447 e. The quantitative estimate of drug-likeness (QED) is 0.522. The maximum absolute atomic E-state index is 11.2. The van der Waals surface area contributed by atoms with Crippen molar-refractivity contribution in [2.24, 2.45) is 0 Å². The van der Waals surface area contributed by atoms with E-state index in [1.165, 1.54) is 12.2 Å². The van der Waals surface area contributed by atoms with Gasteiger partial charge in [-0.05, 0) is 13.8 Å². The molecule has 0 aromatic rings. The second-order valence-electron chi connectivity index (χ2n) is 4.21. The summed E-state index contributed by atoms with van der Waals surface area (Å²) in [5, 5.41) is 2.57. The van der Waals surface area contributed by atoms with Gasteiger partial charge in [-0.25, -0.2) is 4.79 Å². The summed E-state index contributed by atoms with van der Waals surface area (Å²) >= 11 is 0. The number of alkyl carbamates (subject to hydrolysis) is 1. The highest BCUT2D eigenvalue weighted by Crippen LogP contribution is 2.02. The molecule has 0 radical (unpaired) electrons. The lowest BCUT2D eigenvalue weighted by Gasteiger charge is -2.13. The fraction of sp³-hybridized carbons (Fsp3) is 0.583. The zero-order valence-corrected chi connectivity index (χ0v) is 11.0. The molecule has 7 heteroatoms. The average molecular weight is 270 g/mol. The molecule has 0 saturated heterocycles. The van der Waals surface area contributed by atoms with Gasteiger partial charge >= 0.3 is 6.09 Å². The van der Waals surface area contributed by atoms with E-state index in [4.69, 9.17) is 9.47 Å². The van der Waals surface area contributed by atoms with Crippen LogP contribution in [0, 0.1) is 0 Å². The molecule has 1 N–H and O–H groups in total. The Labute approximate surface area is 111 Å². The molecule has 7 nitrogen and oxygen atoms in total. The summed E-state index contributed by atoms with van der Waals surface area (Å²) < 4.78 is 10.0. The molecular formula is C12H18N2O5. The second-order valence-corrected chi connectivity index (χ2v) is 4.21. The molecule has 0 aromatic heterocycles. The molecule has 0 atom stereocenters. The van der Waals surface area contributed by atoms with Crippen LogP contribution in [0.3, 0.4) is 0 Å². The lowest BCUT2D eigenvalue weighted by Crippen LogP contribution is -2.34. The smallest absolute Gasteiger partial charge is 0.407 e. The normalized spacial score (nSPS) is 14.4. The van der Waals surface area contributed by atoms with Crippen molar-refractivity contribution in [2.75, 3.05) is 26.4 Å². The Balaban J connectivity index is 2.01. The minimum absolute atomic E-state index is 0.0214. The number of nitrogens with one attached hydrogen (secondary N) is 1. The highest BCUT2D eigenvalue weighted by atomic mass is 16.6. The fourth-order valence-corrected chi connectivity index (χ4v) is 1.38. The topological polar surface area (TPSA) is 84.9 Å². The van der Waals surface area contributed by atoms with Crippen molar-refractivity contribution in [1.82, 2.24) is 10.2 Å². The van der Waals surface area contributed by atoms with Crippen LogP contribution in [0.4, 0.5) is 4.79 Å². The standard InChI is InChI=1S/C12H18N2O5/c1-9(2)13-12(17)19-8-7-18-6-5-14-10(15)3-4-11(14)16/h3-4,9H,5-8H2,1-2H3,(H,13,17). The average Bonchev–Trinajstić information content (AvgIpc) is 2.63. The maximum atomic E-state index is 11.2. The first kappa shape index (κ1) is 15.2. The highest BCUT2D eigenvalue weighted by molar-refractivity contribution is 6.12. The third-order valence-electron chi connectivity index (χ3n) is 2.23. The number of carbonyl (C=O) groups is 3. The van der Waals surface area contributed by atoms with Crippen molar-refractivity contribution in [1.29, 1.82) is 0 Å². The number of imide groups is 1. The lowest BCUT2D eigenvalue weighted by atomic mass is 10.4. The van der Waals surface area contributed by atoms with Crippen LogP contribution in [0.1, 0.15) is 13.8 Å². The highest BCUT2D eigenvalue weighted by Gasteiger charge is 2.22. The lowest BCUT2D eigenvalue weighted by molar-refractivity contribution is -0.137. The van der Waals surface area contributed by atoms with Crippen LogP contribution in [-0.2, 0) is 19.1 Å². The molecule has 0 aliphatic carbocycles. The zero-order chi connectivity index (χ0) is 14.3. The van der Waals surface area contributed by atoms with Crippen molar-refractivity contribution in [2.45, 2.75) is 19.9 Å². The first-order valence-corrected chi connectivity index (χ1v) is 6.05. The fourth-order valence-electron chi connectivity index (χ4n) is 1.38. The molecule has 3 amide bonds. The molecule has 0 fully saturated rings. The summed E-state index contributed by atoms with van der Waals surface area (Å²) in [6.07, 6.45) is 1.95. The molecule has 0 unspecified atom stereocenters. The van der Waals surface area contributed by atoms with Crippen LogP contribution in [0.2, 0.25) is 0 Å². The molecule has 0 saturated carbocycles. The maximum Gasteiger partial charge on any atom is 0.407 e. The van der Waals surface area contributed by atoms with Gasteiger partial charge in [0.25, 0.3) is 11.8 Å². The number of hydrogen-bond acceptors (Lipinski definition) is 5. The summed E-state index contributed by atoms with van der Waals surface area (Å²) in [5.41, 5.74) is 0. The summed E-state index contributed by atoms with van der Waals surface area (Å²) in [6.45, 7) is 4.41. The first-order valence-electron chi connectivity index (χ1n) is 6.05. The van der Waals surface area contributed by atoms with Gasteiger partial charge in [0.2, 0.25) is 0 Å². The van der Waals surface area contributed by atoms with Crippen LogP contribution < -0.4 is 5.32 Å². The predicted molar refractivity (Wildman–Crippen MR) is 66.3 cm³/mol. The van der Waals surface area contributed by atoms with E-state index in [2.05, 4.69) is 5.32 Å². The Morgan fingerprint density at radius 1 is 1.21 bits per heavy atom. The first-order chi connectivity index (χ1) is 9.00. The van der Waals surface area contributed by atoms with Crippen molar-refractivity contribution in [3.05, 3.63) is 12.2 Å². The van der Waals surface area contributed by atoms with Gasteiger partial charge in [0.15, 0.2) is 0 Å². The van der Waals surface area contributed by atoms with E-state index in [0.29, 0.717) is 0 Å². The number of ether oxygens (including phenoxy) is 2. The number of nitrogens with zero attached hydrogens (tertiary/aromatic N) is 1. The number of carbonyl (C=O) groups excluding carboxylic acids is 3. The van der Waals surface area contributed by atoms with Gasteiger partial charge in [0.1, 0.15) is 6.61 Å². The molecule has 19 heavy (non-hydrogen) atoms. The Bertz CT molecular complexity index is 360. The van der Waals surface area contributed by atoms with Gasteiger partial charge in [0.05, 0.1) is 19.8 Å². The second kappa shape index (κ2) is 7.52. The molecule has 1 aliphatic heterocycles. The Hall–Kier alpha value is -1.89. The molecule has 106 valence electrons. The van der Waals surface area contributed by atoms with Gasteiger partial charge in [-0.1, -0.05) is 0 Å². The Morgan fingerprint density at radius 3 is 2.42 bits per heavy atom. The van der Waals surface area contributed by atoms with E-state index >= 15 is 0 Å². The van der Waals surface area contributed by atoms with E-state index in [0.717, 1.165) is 4.90 Å². The van der Waals surface area contributed by atoms with Gasteiger partial charge in [-0.15, -0.1) is 0 Å². The van der Waals surface area contributed by atoms with E-state index in [-0.39, 0.29) is 44.2 Å². The SMILES string of the molecule is CC(C)NC(=O)OCCOCCN1C(=O)C=CC1=O. The van der Waals surface area contributed by atoms with Gasteiger partial charge in [-0.2, -0.15) is 0 Å². The van der Waals surface area contributed by atoms with Crippen molar-refractivity contribution >= 4 is 17.9 Å². The van der Waals surface area contributed by atoms with Crippen LogP contribution in [0.15, 0.2) is 12.2 Å². The zero-order valence-electron chi connectivity index (χ0n) is 11.0. The third kappa shape index (κ3) is 5.52. The van der Waals surface area contributed by atoms with E-state index in [1.54, 1.807) is 0 Å². The minimum Gasteiger partial charge on any atom is -0.447 e. The Morgan fingerprint density at radius 2 is 1.84 bits per heavy atom. The summed E-state index contributed by atoms with van der Waals surface area (Å²) in [4.78, 5) is 34.5. The van der Waals surface area contributed by atoms with Gasteiger partial charge in [0, 0.05) is 18.2 Å². The van der Waals surface area contributed by atoms with Crippen molar-refractivity contribution in [3.8, 4) is 0 Å². The van der Waals surface area contributed by atoms with Crippen LogP contribution in [0.25, 0.3) is 0 Å². The van der Waals surface area contributed by atoms with E-state index in [1.807, 2.05) is 13.8 Å². The molecule has 1 heterocycles. The van der Waals surface area contributed by atoms with Gasteiger partial charge in [-0.3, -0.25) is 14.5 Å². The summed E-state index contributed by atoms with van der Waals surface area (Å²) in [5.74, 6) is -0.665. The third-order valence-corrected chi connectivity index (χ3v) is 2.23. The molecule has 1 rings (SSSR count). The minimum atomic E-state index is -0.493. The molecule has 0 spiro atoms. The number of rotatable bonds is 7. The predicted octanol–water partition coefficient (Wildman–Crippen LogP) is 0.0626. The number of hydrogen-bond donors (Lipinski definition) is 1. The van der Waals surface area contributed by atoms with Crippen LogP contribution >= 0.6 is 0 Å². The van der Waals surface area contributed by atoms with Crippen LogP contribution in [-0.4, -0.2) is 55.2 Å². The van der Waals surface area contributed by atoms with Crippen molar-refractivity contribution < 1.29 is 23.9 Å². The molecular weight excluding hydrogens is 252 g/mol. The van der Waals surface area contributed by atoms with Crippen molar-refractivity contribution in [3.63, 3.8) is 0 Å². The van der Waals surface area contributed by atoms with E-state index < -0.39 is 6.09 Å². The van der Waals surface area contributed by atoms with E-state index in [9.17, 15) is 14.4 Å². The monoisotopic (exact) mass is 270 g/mol. The van der Waals surface area contributed by atoms with Crippen LogP contribution in [0.5, 0.6) is 0 Å². The summed E-state index contributed by atoms with van der Waals surface area (Å²) in [6, 6.07) is 0.0214. The molecule has 0 aromatic carbocycles. The Kier molecular flexibility index (Phi) is 6.01. The molecule has 1 aliphatic rings. The number of amides is 3. The summed E-state index contributed by atoms with van der Waals surface area (Å²) in [7, 11) is 0.